The Kier molecular flexibility index (Phi) is 5.86. The summed E-state index contributed by atoms with van der Waals surface area (Å²) in [6.07, 6.45) is 1.38. The van der Waals surface area contributed by atoms with Crippen molar-refractivity contribution in [1.29, 1.82) is 0 Å². The summed E-state index contributed by atoms with van der Waals surface area (Å²) in [5.41, 5.74) is 3.77. The van der Waals surface area contributed by atoms with Crippen LogP contribution in [-0.2, 0) is 4.79 Å². The summed E-state index contributed by atoms with van der Waals surface area (Å²) in [5, 5.41) is 14.9. The lowest BCUT2D eigenvalue weighted by Gasteiger charge is -2.06. The second-order valence-corrected chi connectivity index (χ2v) is 5.25. The minimum Gasteiger partial charge on any atom is -0.484 e. The van der Waals surface area contributed by atoms with Gasteiger partial charge in [0.25, 0.3) is 11.6 Å². The zero-order chi connectivity index (χ0) is 17.5. The normalized spacial score (nSPS) is 10.6. The first-order valence-corrected chi connectivity index (χ1v) is 7.29. The second-order valence-electron chi connectivity index (χ2n) is 4.84. The number of amides is 1. The lowest BCUT2D eigenvalue weighted by molar-refractivity contribution is -0.384. The van der Waals surface area contributed by atoms with Gasteiger partial charge in [-0.2, -0.15) is 5.10 Å². The van der Waals surface area contributed by atoms with E-state index in [1.807, 2.05) is 6.92 Å². The Hall–Kier alpha value is -2.93. The van der Waals surface area contributed by atoms with E-state index in [1.54, 1.807) is 18.2 Å². The van der Waals surface area contributed by atoms with Gasteiger partial charge >= 0.3 is 0 Å². The van der Waals surface area contributed by atoms with Crippen molar-refractivity contribution in [3.8, 4) is 5.75 Å². The van der Waals surface area contributed by atoms with Gasteiger partial charge in [0.05, 0.1) is 11.1 Å². The maximum atomic E-state index is 11.6. The summed E-state index contributed by atoms with van der Waals surface area (Å²) in [6, 6.07) is 10.9. The summed E-state index contributed by atoms with van der Waals surface area (Å²) in [6.45, 7) is 1.64. The fourth-order valence-corrected chi connectivity index (χ4v) is 1.87. The van der Waals surface area contributed by atoms with Crippen LogP contribution in [0.25, 0.3) is 0 Å². The topological polar surface area (TPSA) is 93.8 Å². The number of nitro benzene ring substituents is 1. The number of nitro groups is 1. The molecule has 1 amide bonds. The molecule has 1 N–H and O–H groups in total. The van der Waals surface area contributed by atoms with Gasteiger partial charge < -0.3 is 4.74 Å². The van der Waals surface area contributed by atoms with Gasteiger partial charge in [-0.3, -0.25) is 14.9 Å². The van der Waals surface area contributed by atoms with Crippen molar-refractivity contribution in [3.63, 3.8) is 0 Å². The molecule has 0 aliphatic carbocycles. The molecule has 0 aliphatic heterocycles. The predicted molar refractivity (Wildman–Crippen MR) is 90.5 cm³/mol. The van der Waals surface area contributed by atoms with Crippen LogP contribution in [-0.4, -0.2) is 23.7 Å². The molecule has 2 rings (SSSR count). The first-order valence-electron chi connectivity index (χ1n) is 6.91. The Morgan fingerprint density at radius 1 is 1.33 bits per heavy atom. The van der Waals surface area contributed by atoms with Crippen LogP contribution in [0, 0.1) is 17.0 Å². The van der Waals surface area contributed by atoms with Crippen LogP contribution in [0.3, 0.4) is 0 Å². The van der Waals surface area contributed by atoms with Gasteiger partial charge in [-0.1, -0.05) is 11.6 Å². The molecule has 0 unspecified atom stereocenters. The number of nitrogens with zero attached hydrogens (tertiary/aromatic N) is 2. The molecular formula is C16H14ClN3O4. The lowest BCUT2D eigenvalue weighted by Crippen LogP contribution is -2.24. The van der Waals surface area contributed by atoms with Crippen molar-refractivity contribution in [1.82, 2.24) is 5.43 Å². The van der Waals surface area contributed by atoms with Gasteiger partial charge in [-0.15, -0.1) is 0 Å². The Morgan fingerprint density at radius 3 is 2.67 bits per heavy atom. The highest BCUT2D eigenvalue weighted by atomic mass is 35.5. The summed E-state index contributed by atoms with van der Waals surface area (Å²) < 4.78 is 5.33. The number of non-ortho nitro benzene ring substituents is 1. The van der Waals surface area contributed by atoms with Gasteiger partial charge in [-0.05, 0) is 48.4 Å². The summed E-state index contributed by atoms with van der Waals surface area (Å²) in [7, 11) is 0. The molecule has 7 nitrogen and oxygen atoms in total. The highest BCUT2D eigenvalue weighted by Gasteiger charge is 2.04. The molecular weight excluding hydrogens is 334 g/mol. The molecule has 2 aromatic carbocycles. The van der Waals surface area contributed by atoms with Crippen LogP contribution in [0.15, 0.2) is 47.6 Å². The number of nitrogens with one attached hydrogen (secondary N) is 1. The van der Waals surface area contributed by atoms with Crippen LogP contribution in [0.1, 0.15) is 11.1 Å². The van der Waals surface area contributed by atoms with E-state index in [-0.39, 0.29) is 12.3 Å². The second kappa shape index (κ2) is 8.07. The molecule has 0 heterocycles. The molecule has 0 aromatic heterocycles. The number of ether oxygens (including phenoxy) is 1. The summed E-state index contributed by atoms with van der Waals surface area (Å²) in [4.78, 5) is 21.7. The van der Waals surface area contributed by atoms with E-state index in [1.165, 1.54) is 30.5 Å². The first-order chi connectivity index (χ1) is 11.5. The molecule has 0 atom stereocenters. The molecule has 0 fully saturated rings. The number of hydrogen-bond acceptors (Lipinski definition) is 5. The molecule has 0 spiro atoms. The third-order valence-corrected chi connectivity index (χ3v) is 3.43. The number of carbonyl (C=O) groups excluding carboxylic acids is 1. The van der Waals surface area contributed by atoms with Crippen LogP contribution in [0.5, 0.6) is 5.75 Å². The van der Waals surface area contributed by atoms with Crippen molar-refractivity contribution >= 4 is 29.4 Å². The van der Waals surface area contributed by atoms with Gasteiger partial charge in [0, 0.05) is 17.2 Å². The molecule has 124 valence electrons. The number of hydrogen-bond donors (Lipinski definition) is 1. The smallest absolute Gasteiger partial charge is 0.277 e. The van der Waals surface area contributed by atoms with Crippen molar-refractivity contribution < 1.29 is 14.5 Å². The summed E-state index contributed by atoms with van der Waals surface area (Å²) in [5.74, 6) is 0.104. The maximum absolute atomic E-state index is 11.6. The monoisotopic (exact) mass is 347 g/mol. The molecule has 0 radical (unpaired) electrons. The highest BCUT2D eigenvalue weighted by molar-refractivity contribution is 6.31. The first kappa shape index (κ1) is 17.4. The van der Waals surface area contributed by atoms with E-state index in [0.29, 0.717) is 16.3 Å². The Morgan fingerprint density at radius 2 is 2.04 bits per heavy atom. The quantitative estimate of drug-likeness (QED) is 0.493. The van der Waals surface area contributed by atoms with Gasteiger partial charge in [0.2, 0.25) is 0 Å². The van der Waals surface area contributed by atoms with Gasteiger partial charge in [0.1, 0.15) is 5.75 Å². The molecule has 0 saturated carbocycles. The largest absolute Gasteiger partial charge is 0.484 e. The number of aryl methyl sites for hydroxylation is 1. The Labute approximate surface area is 143 Å². The molecule has 0 aliphatic rings. The van der Waals surface area contributed by atoms with Gasteiger partial charge in [0.15, 0.2) is 6.61 Å². The summed E-state index contributed by atoms with van der Waals surface area (Å²) >= 11 is 5.91. The molecule has 0 saturated heterocycles. The third-order valence-electron chi connectivity index (χ3n) is 3.01. The SMILES string of the molecule is Cc1cc(OCC(=O)NN=Cc2ccc([N+](=O)[O-])cc2)ccc1Cl. The number of halogens is 1. The zero-order valence-electron chi connectivity index (χ0n) is 12.7. The van der Waals surface area contributed by atoms with E-state index in [9.17, 15) is 14.9 Å². The van der Waals surface area contributed by atoms with E-state index in [4.69, 9.17) is 16.3 Å². The van der Waals surface area contributed by atoms with E-state index in [2.05, 4.69) is 10.5 Å². The minimum absolute atomic E-state index is 0.0113. The van der Waals surface area contributed by atoms with Crippen LogP contribution < -0.4 is 10.2 Å². The van der Waals surface area contributed by atoms with Crippen molar-refractivity contribution in [2.75, 3.05) is 6.61 Å². The standard InChI is InChI=1S/C16H14ClN3O4/c1-11-8-14(6-7-15(11)17)24-10-16(21)19-18-9-12-2-4-13(5-3-12)20(22)23/h2-9H,10H2,1H3,(H,19,21). The minimum atomic E-state index is -0.488. The number of rotatable bonds is 6. The van der Waals surface area contributed by atoms with Crippen molar-refractivity contribution in [2.45, 2.75) is 6.92 Å². The van der Waals surface area contributed by atoms with Crippen molar-refractivity contribution in [2.24, 2.45) is 5.10 Å². The van der Waals surface area contributed by atoms with Crippen LogP contribution in [0.2, 0.25) is 5.02 Å². The fourth-order valence-electron chi connectivity index (χ4n) is 1.75. The number of hydrazone groups is 1. The predicted octanol–water partition coefficient (Wildman–Crippen LogP) is 3.09. The molecule has 8 heteroatoms. The molecule has 24 heavy (non-hydrogen) atoms. The van der Waals surface area contributed by atoms with Crippen LogP contribution >= 0.6 is 11.6 Å². The molecule has 2 aromatic rings. The lowest BCUT2D eigenvalue weighted by atomic mass is 10.2. The highest BCUT2D eigenvalue weighted by Crippen LogP contribution is 2.20. The number of benzene rings is 2. The van der Waals surface area contributed by atoms with E-state index in [0.717, 1.165) is 5.56 Å². The Bertz CT molecular complexity index is 775. The zero-order valence-corrected chi connectivity index (χ0v) is 13.5. The van der Waals surface area contributed by atoms with Crippen molar-refractivity contribution in [3.05, 3.63) is 68.7 Å². The maximum Gasteiger partial charge on any atom is 0.277 e. The third kappa shape index (κ3) is 5.06. The molecule has 0 bridgehead atoms. The fraction of sp³-hybridized carbons (Fsp3) is 0.125. The Balaban J connectivity index is 1.81. The average molecular weight is 348 g/mol. The van der Waals surface area contributed by atoms with E-state index < -0.39 is 10.8 Å². The van der Waals surface area contributed by atoms with Gasteiger partial charge in [-0.25, -0.2) is 5.43 Å². The van der Waals surface area contributed by atoms with Crippen LogP contribution in [0.4, 0.5) is 5.69 Å². The van der Waals surface area contributed by atoms with E-state index >= 15 is 0 Å². The number of carbonyl (C=O) groups is 1. The average Bonchev–Trinajstić information content (AvgIpc) is 2.56.